The van der Waals surface area contributed by atoms with Crippen LogP contribution in [0.3, 0.4) is 0 Å². The molecule has 0 aliphatic heterocycles. The van der Waals surface area contributed by atoms with Crippen LogP contribution in [0, 0.1) is 0 Å². The Hall–Kier alpha value is -0.323. The standard InChI is InChI=1S/C14H23BrO2Si/c1-14(2,3)18(5,6)17-10-11-9-12(15)7-8-13(11)16-4/h7-9H,10H2,1-6H3. The molecule has 102 valence electrons. The number of hydrogen-bond donors (Lipinski definition) is 0. The molecule has 0 spiro atoms. The minimum atomic E-state index is -1.71. The molecule has 1 rings (SSSR count). The van der Waals surface area contributed by atoms with Crippen LogP contribution in [0.5, 0.6) is 5.75 Å². The summed E-state index contributed by atoms with van der Waals surface area (Å²) in [5.74, 6) is 0.886. The second kappa shape index (κ2) is 5.76. The molecule has 0 aliphatic rings. The van der Waals surface area contributed by atoms with E-state index in [0.717, 1.165) is 15.8 Å². The van der Waals surface area contributed by atoms with Gasteiger partial charge in [-0.1, -0.05) is 36.7 Å². The molecule has 0 aliphatic carbocycles. The summed E-state index contributed by atoms with van der Waals surface area (Å²) in [5.41, 5.74) is 1.09. The van der Waals surface area contributed by atoms with Gasteiger partial charge in [0.1, 0.15) is 5.75 Å². The molecular weight excluding hydrogens is 308 g/mol. The van der Waals surface area contributed by atoms with Crippen molar-refractivity contribution in [3.05, 3.63) is 28.2 Å². The zero-order valence-corrected chi connectivity index (χ0v) is 14.7. The Labute approximate surface area is 120 Å². The summed E-state index contributed by atoms with van der Waals surface area (Å²) in [7, 11) is -0.0181. The van der Waals surface area contributed by atoms with E-state index in [4.69, 9.17) is 9.16 Å². The molecule has 0 fully saturated rings. The zero-order chi connectivity index (χ0) is 14.0. The molecule has 1 aromatic rings. The second-order valence-electron chi connectivity index (χ2n) is 6.01. The van der Waals surface area contributed by atoms with Gasteiger partial charge >= 0.3 is 0 Å². The van der Waals surface area contributed by atoms with Crippen LogP contribution in [-0.4, -0.2) is 15.4 Å². The topological polar surface area (TPSA) is 18.5 Å². The summed E-state index contributed by atoms with van der Waals surface area (Å²) in [4.78, 5) is 0. The van der Waals surface area contributed by atoms with Crippen molar-refractivity contribution in [2.45, 2.75) is 45.5 Å². The van der Waals surface area contributed by atoms with Crippen LogP contribution < -0.4 is 4.74 Å². The molecule has 2 nitrogen and oxygen atoms in total. The van der Waals surface area contributed by atoms with E-state index in [1.165, 1.54) is 0 Å². The van der Waals surface area contributed by atoms with E-state index < -0.39 is 8.32 Å². The minimum Gasteiger partial charge on any atom is -0.496 e. The quantitative estimate of drug-likeness (QED) is 0.725. The first-order valence-corrected chi connectivity index (χ1v) is 9.84. The van der Waals surface area contributed by atoms with Crippen LogP contribution in [0.25, 0.3) is 0 Å². The SMILES string of the molecule is COc1ccc(Br)cc1CO[Si](C)(C)C(C)(C)C. The van der Waals surface area contributed by atoms with Crippen molar-refractivity contribution >= 4 is 24.2 Å². The van der Waals surface area contributed by atoms with Gasteiger partial charge in [-0.25, -0.2) is 0 Å². The third-order valence-electron chi connectivity index (χ3n) is 3.64. The van der Waals surface area contributed by atoms with Crippen molar-refractivity contribution in [2.24, 2.45) is 0 Å². The van der Waals surface area contributed by atoms with Gasteiger partial charge in [-0.2, -0.15) is 0 Å². The van der Waals surface area contributed by atoms with E-state index in [-0.39, 0.29) is 5.04 Å². The van der Waals surface area contributed by atoms with Crippen LogP contribution in [0.4, 0.5) is 0 Å². The van der Waals surface area contributed by atoms with Gasteiger partial charge in [0.05, 0.1) is 13.7 Å². The second-order valence-corrected chi connectivity index (χ2v) is 11.7. The van der Waals surface area contributed by atoms with Gasteiger partial charge in [0, 0.05) is 10.0 Å². The van der Waals surface area contributed by atoms with Gasteiger partial charge in [-0.15, -0.1) is 0 Å². The molecule has 0 radical (unpaired) electrons. The highest BCUT2D eigenvalue weighted by Gasteiger charge is 2.37. The summed E-state index contributed by atoms with van der Waals surface area (Å²) in [6.07, 6.45) is 0. The van der Waals surface area contributed by atoms with E-state index in [0.29, 0.717) is 6.61 Å². The molecule has 4 heteroatoms. The first kappa shape index (κ1) is 15.7. The summed E-state index contributed by atoms with van der Waals surface area (Å²) in [6, 6.07) is 6.01. The highest BCUT2D eigenvalue weighted by molar-refractivity contribution is 9.10. The highest BCUT2D eigenvalue weighted by atomic mass is 79.9. The number of methoxy groups -OCH3 is 1. The van der Waals surface area contributed by atoms with Gasteiger partial charge in [0.2, 0.25) is 0 Å². The molecular formula is C14H23BrO2Si. The number of rotatable bonds is 4. The van der Waals surface area contributed by atoms with E-state index in [1.54, 1.807) is 7.11 Å². The highest BCUT2D eigenvalue weighted by Crippen LogP contribution is 2.37. The maximum atomic E-state index is 6.22. The smallest absolute Gasteiger partial charge is 0.192 e. The van der Waals surface area contributed by atoms with Crippen molar-refractivity contribution in [1.29, 1.82) is 0 Å². The average Bonchev–Trinajstić information content (AvgIpc) is 2.25. The molecule has 0 heterocycles. The Morgan fingerprint density at radius 1 is 1.22 bits per heavy atom. The number of hydrogen-bond acceptors (Lipinski definition) is 2. The Bertz CT molecular complexity index is 411. The molecule has 0 saturated carbocycles. The van der Waals surface area contributed by atoms with Crippen molar-refractivity contribution in [3.8, 4) is 5.75 Å². The monoisotopic (exact) mass is 330 g/mol. The van der Waals surface area contributed by atoms with E-state index in [9.17, 15) is 0 Å². The maximum Gasteiger partial charge on any atom is 0.192 e. The lowest BCUT2D eigenvalue weighted by Crippen LogP contribution is -2.40. The lowest BCUT2D eigenvalue weighted by atomic mass is 10.2. The van der Waals surface area contributed by atoms with Crippen LogP contribution in [0.2, 0.25) is 18.1 Å². The number of benzene rings is 1. The maximum absolute atomic E-state index is 6.22. The molecule has 0 amide bonds. The summed E-state index contributed by atoms with van der Waals surface area (Å²) in [6.45, 7) is 11.9. The summed E-state index contributed by atoms with van der Waals surface area (Å²) < 4.78 is 12.6. The van der Waals surface area contributed by atoms with Crippen molar-refractivity contribution in [1.82, 2.24) is 0 Å². The summed E-state index contributed by atoms with van der Waals surface area (Å²) in [5, 5.41) is 0.228. The first-order valence-electron chi connectivity index (χ1n) is 6.14. The van der Waals surface area contributed by atoms with Crippen molar-refractivity contribution < 1.29 is 9.16 Å². The lowest BCUT2D eigenvalue weighted by molar-refractivity contribution is 0.269. The predicted octanol–water partition coefficient (Wildman–Crippen LogP) is 4.98. The molecule has 0 bridgehead atoms. The zero-order valence-electron chi connectivity index (χ0n) is 12.1. The fourth-order valence-corrected chi connectivity index (χ4v) is 2.69. The molecule has 0 unspecified atom stereocenters. The van der Waals surface area contributed by atoms with Gasteiger partial charge in [0.15, 0.2) is 8.32 Å². The Kier molecular flexibility index (Phi) is 5.03. The Morgan fingerprint density at radius 2 is 1.83 bits per heavy atom. The molecule has 1 aromatic carbocycles. The first-order chi connectivity index (χ1) is 8.17. The van der Waals surface area contributed by atoms with E-state index in [2.05, 4.69) is 55.9 Å². The van der Waals surface area contributed by atoms with E-state index in [1.807, 2.05) is 12.1 Å². The molecule has 0 N–H and O–H groups in total. The third-order valence-corrected chi connectivity index (χ3v) is 8.61. The number of ether oxygens (including phenoxy) is 1. The van der Waals surface area contributed by atoms with Crippen LogP contribution in [0.1, 0.15) is 26.3 Å². The fourth-order valence-electron chi connectivity index (χ4n) is 1.33. The molecule has 0 atom stereocenters. The minimum absolute atomic E-state index is 0.228. The summed E-state index contributed by atoms with van der Waals surface area (Å²) >= 11 is 3.49. The van der Waals surface area contributed by atoms with Gasteiger partial charge < -0.3 is 9.16 Å². The predicted molar refractivity (Wildman–Crippen MR) is 82.7 cm³/mol. The van der Waals surface area contributed by atoms with Crippen LogP contribution in [0.15, 0.2) is 22.7 Å². The molecule has 18 heavy (non-hydrogen) atoms. The van der Waals surface area contributed by atoms with E-state index >= 15 is 0 Å². The fraction of sp³-hybridized carbons (Fsp3) is 0.571. The molecule has 0 aromatic heterocycles. The van der Waals surface area contributed by atoms with Gasteiger partial charge in [-0.3, -0.25) is 0 Å². The normalized spacial score (nSPS) is 12.6. The lowest BCUT2D eigenvalue weighted by Gasteiger charge is -2.36. The third kappa shape index (κ3) is 3.83. The van der Waals surface area contributed by atoms with Crippen molar-refractivity contribution in [3.63, 3.8) is 0 Å². The van der Waals surface area contributed by atoms with Gasteiger partial charge in [0.25, 0.3) is 0 Å². The Morgan fingerprint density at radius 3 is 2.33 bits per heavy atom. The average molecular weight is 331 g/mol. The van der Waals surface area contributed by atoms with Gasteiger partial charge in [-0.05, 0) is 36.3 Å². The van der Waals surface area contributed by atoms with Crippen molar-refractivity contribution in [2.75, 3.05) is 7.11 Å². The van der Waals surface area contributed by atoms with Crippen LogP contribution in [-0.2, 0) is 11.0 Å². The largest absolute Gasteiger partial charge is 0.496 e. The molecule has 0 saturated heterocycles. The van der Waals surface area contributed by atoms with Crippen LogP contribution >= 0.6 is 15.9 Å². The Balaban J connectivity index is 2.83. The number of halogens is 1.